The lowest BCUT2D eigenvalue weighted by Crippen LogP contribution is -2.11. The first kappa shape index (κ1) is 14.9. The zero-order valence-corrected chi connectivity index (χ0v) is 12.7. The van der Waals surface area contributed by atoms with Gasteiger partial charge in [0.05, 0.1) is 0 Å². The Balaban J connectivity index is 2.41. The van der Waals surface area contributed by atoms with Crippen molar-refractivity contribution in [3.8, 4) is 0 Å². The molecule has 1 aromatic heterocycles. The standard InChI is InChI=1S/C16H20N2OS/c1-3-8-13-11-14(20)18-16(17-13)15(19-4-2)12-9-6-5-7-10-12/h5-7,9-11,15H,3-4,8H2,1-2H3,(H,17,18,20). The Labute approximate surface area is 125 Å². The van der Waals surface area contributed by atoms with Crippen molar-refractivity contribution >= 4 is 12.2 Å². The molecule has 0 radical (unpaired) electrons. The van der Waals surface area contributed by atoms with Crippen molar-refractivity contribution in [2.75, 3.05) is 6.61 Å². The number of aromatic nitrogens is 2. The first-order valence-corrected chi connectivity index (χ1v) is 7.42. The number of benzene rings is 1. The van der Waals surface area contributed by atoms with Gasteiger partial charge in [-0.25, -0.2) is 4.98 Å². The number of aryl methyl sites for hydroxylation is 1. The van der Waals surface area contributed by atoms with Crippen LogP contribution in [0.15, 0.2) is 36.4 Å². The topological polar surface area (TPSA) is 37.9 Å². The SMILES string of the molecule is CCCc1cc(=S)nc(C(OCC)c2ccccc2)[nH]1. The minimum Gasteiger partial charge on any atom is -0.366 e. The highest BCUT2D eigenvalue weighted by molar-refractivity contribution is 7.71. The summed E-state index contributed by atoms with van der Waals surface area (Å²) in [6, 6.07) is 12.0. The lowest BCUT2D eigenvalue weighted by atomic mass is 10.1. The molecular weight excluding hydrogens is 268 g/mol. The highest BCUT2D eigenvalue weighted by Gasteiger charge is 2.16. The van der Waals surface area contributed by atoms with Gasteiger partial charge in [-0.1, -0.05) is 55.9 Å². The molecule has 1 heterocycles. The van der Waals surface area contributed by atoms with E-state index in [1.165, 1.54) is 0 Å². The molecule has 0 bridgehead atoms. The van der Waals surface area contributed by atoms with Gasteiger partial charge in [0, 0.05) is 12.3 Å². The fourth-order valence-electron chi connectivity index (χ4n) is 2.18. The average molecular weight is 288 g/mol. The van der Waals surface area contributed by atoms with Crippen molar-refractivity contribution in [3.05, 3.63) is 58.1 Å². The number of aromatic amines is 1. The van der Waals surface area contributed by atoms with Crippen LogP contribution >= 0.6 is 12.2 Å². The molecular formula is C16H20N2OS. The van der Waals surface area contributed by atoms with Crippen LogP contribution < -0.4 is 0 Å². The molecule has 4 heteroatoms. The first-order valence-electron chi connectivity index (χ1n) is 7.01. The molecule has 2 rings (SSSR count). The zero-order chi connectivity index (χ0) is 14.4. The largest absolute Gasteiger partial charge is 0.366 e. The number of hydrogen-bond donors (Lipinski definition) is 1. The van der Waals surface area contributed by atoms with E-state index >= 15 is 0 Å². The third-order valence-electron chi connectivity index (χ3n) is 3.02. The van der Waals surface area contributed by atoms with Crippen molar-refractivity contribution in [2.24, 2.45) is 0 Å². The Morgan fingerprint density at radius 2 is 2.00 bits per heavy atom. The first-order chi connectivity index (χ1) is 9.74. The molecule has 0 spiro atoms. The van der Waals surface area contributed by atoms with Crippen LogP contribution in [0.2, 0.25) is 0 Å². The molecule has 106 valence electrons. The summed E-state index contributed by atoms with van der Waals surface area (Å²) in [6.07, 6.45) is 1.84. The second-order valence-corrected chi connectivity index (χ2v) is 5.04. The van der Waals surface area contributed by atoms with Crippen molar-refractivity contribution in [1.29, 1.82) is 0 Å². The van der Waals surface area contributed by atoms with Gasteiger partial charge >= 0.3 is 0 Å². The Morgan fingerprint density at radius 3 is 2.65 bits per heavy atom. The van der Waals surface area contributed by atoms with E-state index in [1.807, 2.05) is 43.3 Å². The van der Waals surface area contributed by atoms with Crippen molar-refractivity contribution in [3.63, 3.8) is 0 Å². The monoisotopic (exact) mass is 288 g/mol. The third-order valence-corrected chi connectivity index (χ3v) is 3.23. The van der Waals surface area contributed by atoms with Gasteiger partial charge in [0.1, 0.15) is 16.6 Å². The molecule has 1 atom stereocenters. The minimum atomic E-state index is -0.195. The summed E-state index contributed by atoms with van der Waals surface area (Å²) in [5, 5.41) is 0. The second-order valence-electron chi connectivity index (χ2n) is 4.63. The van der Waals surface area contributed by atoms with Crippen LogP contribution in [0.1, 0.15) is 43.5 Å². The van der Waals surface area contributed by atoms with Crippen LogP contribution in [-0.2, 0) is 11.2 Å². The van der Waals surface area contributed by atoms with Crippen LogP contribution in [0.4, 0.5) is 0 Å². The van der Waals surface area contributed by atoms with E-state index in [-0.39, 0.29) is 6.10 Å². The number of nitrogens with one attached hydrogen (secondary N) is 1. The highest BCUT2D eigenvalue weighted by Crippen LogP contribution is 2.23. The summed E-state index contributed by atoms with van der Waals surface area (Å²) in [5.41, 5.74) is 2.20. The van der Waals surface area contributed by atoms with Gasteiger partial charge in [-0.15, -0.1) is 0 Å². The van der Waals surface area contributed by atoms with Crippen LogP contribution in [0.5, 0.6) is 0 Å². The summed E-state index contributed by atoms with van der Waals surface area (Å²) in [7, 11) is 0. The number of ether oxygens (including phenoxy) is 1. The molecule has 2 aromatic rings. The van der Waals surface area contributed by atoms with E-state index in [0.29, 0.717) is 11.2 Å². The van der Waals surface area contributed by atoms with Gasteiger partial charge in [-0.2, -0.15) is 0 Å². The lowest BCUT2D eigenvalue weighted by Gasteiger charge is -2.17. The lowest BCUT2D eigenvalue weighted by molar-refractivity contribution is 0.0848. The maximum atomic E-state index is 5.86. The third kappa shape index (κ3) is 3.74. The van der Waals surface area contributed by atoms with Crippen LogP contribution in [0.3, 0.4) is 0 Å². The average Bonchev–Trinajstić information content (AvgIpc) is 2.45. The van der Waals surface area contributed by atoms with E-state index in [4.69, 9.17) is 17.0 Å². The minimum absolute atomic E-state index is 0.195. The quantitative estimate of drug-likeness (QED) is 0.809. The predicted molar refractivity (Wildman–Crippen MR) is 83.3 cm³/mol. The van der Waals surface area contributed by atoms with Gasteiger partial charge in [-0.05, 0) is 25.0 Å². The molecule has 0 fully saturated rings. The molecule has 0 saturated heterocycles. The molecule has 0 saturated carbocycles. The number of nitrogens with zero attached hydrogens (tertiary/aromatic N) is 1. The molecule has 0 aliphatic carbocycles. The van der Waals surface area contributed by atoms with E-state index in [2.05, 4.69) is 16.9 Å². The Bertz CT molecular complexity index is 595. The summed E-state index contributed by atoms with van der Waals surface area (Å²) >= 11 is 5.27. The molecule has 1 aromatic carbocycles. The van der Waals surface area contributed by atoms with E-state index in [0.717, 1.165) is 29.9 Å². The normalized spacial score (nSPS) is 12.3. The van der Waals surface area contributed by atoms with Gasteiger partial charge in [0.25, 0.3) is 0 Å². The van der Waals surface area contributed by atoms with Crippen molar-refractivity contribution in [1.82, 2.24) is 9.97 Å². The smallest absolute Gasteiger partial charge is 0.141 e. The molecule has 0 amide bonds. The summed E-state index contributed by atoms with van der Waals surface area (Å²) in [5.74, 6) is 0.786. The Morgan fingerprint density at radius 1 is 1.25 bits per heavy atom. The maximum absolute atomic E-state index is 5.86. The molecule has 1 unspecified atom stereocenters. The molecule has 1 N–H and O–H groups in total. The van der Waals surface area contributed by atoms with Gasteiger partial charge in [0.15, 0.2) is 0 Å². The van der Waals surface area contributed by atoms with E-state index in [1.54, 1.807) is 0 Å². The highest BCUT2D eigenvalue weighted by atomic mass is 32.1. The second kappa shape index (κ2) is 7.31. The number of rotatable bonds is 6. The summed E-state index contributed by atoms with van der Waals surface area (Å²) < 4.78 is 6.48. The molecule has 20 heavy (non-hydrogen) atoms. The van der Waals surface area contributed by atoms with E-state index < -0.39 is 0 Å². The Kier molecular flexibility index (Phi) is 5.44. The van der Waals surface area contributed by atoms with E-state index in [9.17, 15) is 0 Å². The summed E-state index contributed by atoms with van der Waals surface area (Å²) in [6.45, 7) is 4.76. The summed E-state index contributed by atoms with van der Waals surface area (Å²) in [4.78, 5) is 7.81. The number of hydrogen-bond acceptors (Lipinski definition) is 3. The van der Waals surface area contributed by atoms with Crippen molar-refractivity contribution in [2.45, 2.75) is 32.8 Å². The fraction of sp³-hybridized carbons (Fsp3) is 0.375. The van der Waals surface area contributed by atoms with Gasteiger partial charge < -0.3 is 9.72 Å². The molecule has 3 nitrogen and oxygen atoms in total. The van der Waals surface area contributed by atoms with Gasteiger partial charge in [0.2, 0.25) is 0 Å². The fourth-order valence-corrected chi connectivity index (χ4v) is 2.42. The predicted octanol–water partition coefficient (Wildman–Crippen LogP) is 4.22. The van der Waals surface area contributed by atoms with Crippen LogP contribution in [0, 0.1) is 4.64 Å². The van der Waals surface area contributed by atoms with Crippen LogP contribution in [-0.4, -0.2) is 16.6 Å². The maximum Gasteiger partial charge on any atom is 0.141 e. The molecule has 0 aliphatic heterocycles. The zero-order valence-electron chi connectivity index (χ0n) is 11.9. The number of H-pyrrole nitrogens is 1. The Hall–Kier alpha value is -1.52. The molecule has 0 aliphatic rings. The van der Waals surface area contributed by atoms with Gasteiger partial charge in [-0.3, -0.25) is 0 Å². The van der Waals surface area contributed by atoms with Crippen LogP contribution in [0.25, 0.3) is 0 Å². The van der Waals surface area contributed by atoms with Crippen molar-refractivity contribution < 1.29 is 4.74 Å².